The normalized spacial score (nSPS) is 25.3. The molecule has 8 aliphatic rings. The summed E-state index contributed by atoms with van der Waals surface area (Å²) in [6, 6.07) is 35.1. The summed E-state index contributed by atoms with van der Waals surface area (Å²) in [5.74, 6) is 1.32. The summed E-state index contributed by atoms with van der Waals surface area (Å²) >= 11 is 0. The number of aryl methyl sites for hydroxylation is 1. The van der Waals surface area contributed by atoms with Crippen molar-refractivity contribution in [3.05, 3.63) is 235 Å². The van der Waals surface area contributed by atoms with Gasteiger partial charge in [0.25, 0.3) is 0 Å². The average Bonchev–Trinajstić information content (AvgIpc) is 3.52. The summed E-state index contributed by atoms with van der Waals surface area (Å²) in [6.07, 6.45) is 37.7. The van der Waals surface area contributed by atoms with Crippen molar-refractivity contribution in [2.24, 2.45) is 23.7 Å². The van der Waals surface area contributed by atoms with E-state index in [1.165, 1.54) is 93.3 Å². The van der Waals surface area contributed by atoms with Gasteiger partial charge in [-0.25, -0.2) is 0 Å². The van der Waals surface area contributed by atoms with Crippen molar-refractivity contribution in [1.29, 1.82) is 0 Å². The summed E-state index contributed by atoms with van der Waals surface area (Å²) < 4.78 is 0. The molecular weight excluding hydrogens is 709 g/mol. The number of allylic oxidation sites excluding steroid dienone is 17. The molecule has 0 amide bonds. The first-order chi connectivity index (χ1) is 29.0. The third-order valence-electron chi connectivity index (χ3n) is 15.0. The third-order valence-corrected chi connectivity index (χ3v) is 15.0. The average molecular weight is 759 g/mol. The standard InChI is InChI=1S/C59H50/c1-59(2)53-27-15-14-18-43(53)44-33-32-42(36-54(44)59)58-51-25-12-10-23-49(51)57(50-24-11-13-26-52(50)58)41-31-29-38-34-40(30-28-39(38)35-41)56-47-21-8-6-19-45(47)55(37-16-4-3-5-17-37)46-20-7-9-22-48(46)56/h3-4,6-16,18-27,29,31,34-36,45,47,49,51H,5,17,28,30,32-33H2,1-2H3. The van der Waals surface area contributed by atoms with Crippen LogP contribution in [-0.2, 0) is 11.8 Å². The smallest absolute Gasteiger partial charge is 0.0155 e. The first-order valence-corrected chi connectivity index (χ1v) is 22.2. The zero-order chi connectivity index (χ0) is 39.2. The van der Waals surface area contributed by atoms with Gasteiger partial charge in [0.05, 0.1) is 0 Å². The van der Waals surface area contributed by atoms with E-state index in [0.717, 1.165) is 38.5 Å². The van der Waals surface area contributed by atoms with Crippen LogP contribution < -0.4 is 20.9 Å². The molecule has 0 spiro atoms. The van der Waals surface area contributed by atoms with Gasteiger partial charge in [0, 0.05) is 29.1 Å². The lowest BCUT2D eigenvalue weighted by Gasteiger charge is -2.36. The van der Waals surface area contributed by atoms with Gasteiger partial charge in [0.1, 0.15) is 0 Å². The Kier molecular flexibility index (Phi) is 8.03. The molecule has 0 heteroatoms. The van der Waals surface area contributed by atoms with E-state index in [1.807, 2.05) is 0 Å². The minimum absolute atomic E-state index is 0.0134. The van der Waals surface area contributed by atoms with E-state index in [9.17, 15) is 0 Å². The molecule has 286 valence electrons. The van der Waals surface area contributed by atoms with Crippen molar-refractivity contribution >= 4 is 33.9 Å². The molecule has 59 heavy (non-hydrogen) atoms. The number of rotatable bonds is 4. The quantitative estimate of drug-likeness (QED) is 0.194. The lowest BCUT2D eigenvalue weighted by atomic mass is 9.67. The van der Waals surface area contributed by atoms with Crippen LogP contribution in [0.1, 0.15) is 73.8 Å². The molecule has 0 aromatic heterocycles. The van der Waals surface area contributed by atoms with Gasteiger partial charge in [-0.15, -0.1) is 0 Å². The molecule has 0 saturated heterocycles. The van der Waals surface area contributed by atoms with Gasteiger partial charge in [-0.2, -0.15) is 0 Å². The van der Waals surface area contributed by atoms with Gasteiger partial charge in [0.2, 0.25) is 0 Å². The van der Waals surface area contributed by atoms with E-state index >= 15 is 0 Å². The van der Waals surface area contributed by atoms with Crippen molar-refractivity contribution in [3.63, 3.8) is 0 Å². The molecule has 4 aromatic rings. The molecule has 0 aliphatic heterocycles. The highest BCUT2D eigenvalue weighted by molar-refractivity contribution is 5.89. The van der Waals surface area contributed by atoms with E-state index < -0.39 is 0 Å². The number of hydrogen-bond acceptors (Lipinski definition) is 0. The molecule has 8 aliphatic carbocycles. The summed E-state index contributed by atoms with van der Waals surface area (Å²) in [7, 11) is 0. The van der Waals surface area contributed by atoms with Gasteiger partial charge in [-0.05, 0) is 137 Å². The fourth-order valence-electron chi connectivity index (χ4n) is 12.4. The first kappa shape index (κ1) is 35.0. The monoisotopic (exact) mass is 758 g/mol. The maximum Gasteiger partial charge on any atom is 0.0155 e. The number of fused-ring (bicyclic) bond motifs is 7. The Balaban J connectivity index is 0.992. The first-order valence-electron chi connectivity index (χ1n) is 22.2. The van der Waals surface area contributed by atoms with Crippen molar-refractivity contribution in [3.8, 4) is 0 Å². The fourth-order valence-corrected chi connectivity index (χ4v) is 12.4. The Labute approximate surface area is 348 Å². The molecule has 0 radical (unpaired) electrons. The topological polar surface area (TPSA) is 0 Å². The van der Waals surface area contributed by atoms with Gasteiger partial charge < -0.3 is 0 Å². The highest BCUT2D eigenvalue weighted by Crippen LogP contribution is 2.53. The minimum atomic E-state index is 0.0134. The zero-order valence-corrected chi connectivity index (χ0v) is 34.2. The van der Waals surface area contributed by atoms with Crippen LogP contribution in [0.3, 0.4) is 0 Å². The van der Waals surface area contributed by atoms with E-state index in [4.69, 9.17) is 0 Å². The maximum absolute atomic E-state index is 2.61. The Morgan fingerprint density at radius 3 is 1.69 bits per heavy atom. The fraction of sp³-hybridized carbons (Fsp3) is 0.220. The minimum Gasteiger partial charge on any atom is -0.0842 e. The van der Waals surface area contributed by atoms with Crippen molar-refractivity contribution in [1.82, 2.24) is 0 Å². The van der Waals surface area contributed by atoms with Crippen molar-refractivity contribution < 1.29 is 0 Å². The molecule has 4 unspecified atom stereocenters. The predicted molar refractivity (Wildman–Crippen MR) is 248 cm³/mol. The molecule has 0 bridgehead atoms. The van der Waals surface area contributed by atoms with Crippen LogP contribution in [0.2, 0.25) is 0 Å². The Hall–Kier alpha value is -5.98. The Bertz CT molecular complexity index is 3080. The largest absolute Gasteiger partial charge is 0.0842 e. The lowest BCUT2D eigenvalue weighted by Crippen LogP contribution is -2.41. The third kappa shape index (κ3) is 5.35. The van der Waals surface area contributed by atoms with Crippen LogP contribution in [0.5, 0.6) is 0 Å². The second-order valence-corrected chi connectivity index (χ2v) is 18.4. The zero-order valence-electron chi connectivity index (χ0n) is 34.2. The lowest BCUT2D eigenvalue weighted by molar-refractivity contribution is 0.647. The van der Waals surface area contributed by atoms with Gasteiger partial charge >= 0.3 is 0 Å². The van der Waals surface area contributed by atoms with Crippen LogP contribution in [-0.4, -0.2) is 0 Å². The predicted octanol–water partition coefficient (Wildman–Crippen LogP) is 10.9. The molecule has 4 aromatic carbocycles. The van der Waals surface area contributed by atoms with Crippen molar-refractivity contribution in [2.75, 3.05) is 0 Å². The summed E-state index contributed by atoms with van der Waals surface area (Å²) in [6.45, 7) is 4.85. The van der Waals surface area contributed by atoms with Gasteiger partial charge in [0.15, 0.2) is 0 Å². The van der Waals surface area contributed by atoms with E-state index in [1.54, 1.807) is 5.57 Å². The summed E-state index contributed by atoms with van der Waals surface area (Å²) in [4.78, 5) is 0. The number of benzene rings is 4. The van der Waals surface area contributed by atoms with Gasteiger partial charge in [-0.1, -0.05) is 184 Å². The van der Waals surface area contributed by atoms with Crippen LogP contribution >= 0.6 is 0 Å². The van der Waals surface area contributed by atoms with Gasteiger partial charge in [-0.3, -0.25) is 0 Å². The van der Waals surface area contributed by atoms with Crippen LogP contribution in [0.25, 0.3) is 33.9 Å². The van der Waals surface area contributed by atoms with Crippen LogP contribution in [0.15, 0.2) is 186 Å². The number of hydrogen-bond donors (Lipinski definition) is 0. The molecule has 0 nitrogen and oxygen atoms in total. The SMILES string of the molecule is CC1(C)C2=C(CCC(C3=c4ccccc4=C(c4ccc5c(c4)CCC(C4=c6ccccc6=C(C6=CC=CCC6)C6C=CC=CC46)=C5)C4C=CC=CC34)=C2)c2ccccc21. The summed E-state index contributed by atoms with van der Waals surface area (Å²) in [5.41, 5.74) is 20.9. The molecular formula is C59H50. The molecule has 4 atom stereocenters. The van der Waals surface area contributed by atoms with Crippen molar-refractivity contribution in [2.45, 2.75) is 57.8 Å². The van der Waals surface area contributed by atoms with E-state index in [2.05, 4.69) is 184 Å². The van der Waals surface area contributed by atoms with E-state index in [-0.39, 0.29) is 5.41 Å². The molecule has 0 N–H and O–H groups in total. The Morgan fingerprint density at radius 2 is 1.05 bits per heavy atom. The second-order valence-electron chi connectivity index (χ2n) is 18.4. The molecule has 0 heterocycles. The van der Waals surface area contributed by atoms with Crippen LogP contribution in [0.4, 0.5) is 0 Å². The maximum atomic E-state index is 2.61. The second kappa shape index (κ2) is 13.5. The molecule has 0 fully saturated rings. The van der Waals surface area contributed by atoms with Crippen LogP contribution in [0, 0.1) is 23.7 Å². The van der Waals surface area contributed by atoms with E-state index in [0.29, 0.717) is 23.7 Å². The summed E-state index contributed by atoms with van der Waals surface area (Å²) in [5, 5.41) is 5.67. The molecule has 12 rings (SSSR count). The highest BCUT2D eigenvalue weighted by Gasteiger charge is 2.40. The highest BCUT2D eigenvalue weighted by atomic mass is 14.4. The Morgan fingerprint density at radius 1 is 0.492 bits per heavy atom. The molecule has 0 saturated carbocycles.